The van der Waals surface area contributed by atoms with Gasteiger partial charge in [0.1, 0.15) is 5.82 Å². The van der Waals surface area contributed by atoms with Crippen molar-refractivity contribution in [3.05, 3.63) is 46.8 Å². The Hall–Kier alpha value is -2.63. The minimum Gasteiger partial charge on any atom is -0.333 e. The van der Waals surface area contributed by atoms with Crippen molar-refractivity contribution in [3.8, 4) is 0 Å². The van der Waals surface area contributed by atoms with Gasteiger partial charge in [0.25, 0.3) is 0 Å². The molecule has 1 amide bonds. The van der Waals surface area contributed by atoms with E-state index in [0.29, 0.717) is 12.6 Å². The Kier molecular flexibility index (Phi) is 8.65. The first-order valence-corrected chi connectivity index (χ1v) is 10.2. The first kappa shape index (κ1) is 25.6. The van der Waals surface area contributed by atoms with E-state index in [9.17, 15) is 31.1 Å². The number of halogens is 6. The van der Waals surface area contributed by atoms with Gasteiger partial charge in [-0.15, -0.1) is 10.2 Å². The zero-order valence-corrected chi connectivity index (χ0v) is 17.9. The van der Waals surface area contributed by atoms with Crippen LogP contribution in [0.2, 0.25) is 0 Å². The number of nitrogens with one attached hydrogen (secondary N) is 1. The molecular formula is C20H25F6N5O. The van der Waals surface area contributed by atoms with Crippen molar-refractivity contribution in [3.63, 3.8) is 0 Å². The lowest BCUT2D eigenvalue weighted by atomic mass is 10.0. The van der Waals surface area contributed by atoms with Gasteiger partial charge in [0.05, 0.1) is 6.54 Å². The van der Waals surface area contributed by atoms with Gasteiger partial charge >= 0.3 is 6.18 Å². The summed E-state index contributed by atoms with van der Waals surface area (Å²) in [5, 5.41) is 9.68. The fourth-order valence-electron chi connectivity index (χ4n) is 3.41. The third-order valence-electron chi connectivity index (χ3n) is 4.83. The lowest BCUT2D eigenvalue weighted by Gasteiger charge is -2.29. The fraction of sp³-hybridized carbons (Fsp3) is 0.550. The molecule has 3 rings (SSSR count). The predicted octanol–water partition coefficient (Wildman–Crippen LogP) is 3.69. The van der Waals surface area contributed by atoms with E-state index < -0.39 is 35.5 Å². The van der Waals surface area contributed by atoms with Crippen molar-refractivity contribution in [2.75, 3.05) is 13.1 Å². The van der Waals surface area contributed by atoms with Gasteiger partial charge in [-0.1, -0.05) is 20.8 Å². The number of nitrogens with zero attached hydrogens (tertiary/aromatic N) is 4. The Morgan fingerprint density at radius 3 is 2.38 bits per heavy atom. The number of hydrogen-bond acceptors (Lipinski definition) is 4. The monoisotopic (exact) mass is 465 g/mol. The van der Waals surface area contributed by atoms with E-state index in [4.69, 9.17) is 0 Å². The van der Waals surface area contributed by atoms with Crippen molar-refractivity contribution < 1.29 is 31.1 Å². The Balaban J connectivity index is 0.00000176. The zero-order chi connectivity index (χ0) is 24.1. The summed E-state index contributed by atoms with van der Waals surface area (Å²) in [5.74, 6) is -4.88. The number of carbonyl (C=O) groups excluding carboxylic acids is 1. The highest BCUT2D eigenvalue weighted by Gasteiger charge is 2.40. The highest BCUT2D eigenvalue weighted by molar-refractivity contribution is 5.77. The van der Waals surface area contributed by atoms with E-state index in [1.165, 1.54) is 4.90 Å². The summed E-state index contributed by atoms with van der Waals surface area (Å²) in [4.78, 5) is 14.0. The highest BCUT2D eigenvalue weighted by Crippen LogP contribution is 2.29. The molecule has 6 nitrogen and oxygen atoms in total. The molecule has 0 fully saturated rings. The topological polar surface area (TPSA) is 63.1 Å². The zero-order valence-electron chi connectivity index (χ0n) is 17.9. The molecule has 1 aromatic carbocycles. The minimum absolute atomic E-state index is 0.0218. The van der Waals surface area contributed by atoms with E-state index in [2.05, 4.69) is 15.5 Å². The van der Waals surface area contributed by atoms with Crippen LogP contribution in [-0.2, 0) is 30.5 Å². The molecule has 1 aliphatic rings. The fourth-order valence-corrected chi connectivity index (χ4v) is 3.41. The maximum absolute atomic E-state index is 13.9. The lowest BCUT2D eigenvalue weighted by Crippen LogP contribution is -2.43. The van der Waals surface area contributed by atoms with Gasteiger partial charge in [-0.25, -0.2) is 13.2 Å². The second kappa shape index (κ2) is 10.8. The SMILES string of the molecule is CC.CCNC(CC(=O)N1CCn2c(nnc2C(F)(F)F)C1)Cc1cc(F)c(F)cc1F. The number of alkyl halides is 3. The normalized spacial score (nSPS) is 14.5. The van der Waals surface area contributed by atoms with Gasteiger partial charge in [0, 0.05) is 31.6 Å². The number of likely N-dealkylation sites (N-methyl/N-ethyl adjacent to an activating group) is 1. The average Bonchev–Trinajstić information content (AvgIpc) is 3.17. The second-order valence-corrected chi connectivity index (χ2v) is 6.93. The van der Waals surface area contributed by atoms with Crippen LogP contribution in [0.15, 0.2) is 12.1 Å². The van der Waals surface area contributed by atoms with Crippen molar-refractivity contribution in [1.82, 2.24) is 25.0 Å². The number of benzene rings is 1. The number of rotatable bonds is 6. The van der Waals surface area contributed by atoms with E-state index in [1.54, 1.807) is 6.92 Å². The average molecular weight is 465 g/mol. The number of fused-ring (bicyclic) bond motifs is 1. The van der Waals surface area contributed by atoms with Crippen molar-refractivity contribution in [2.45, 2.75) is 58.9 Å². The van der Waals surface area contributed by atoms with E-state index in [-0.39, 0.29) is 49.8 Å². The van der Waals surface area contributed by atoms with E-state index >= 15 is 0 Å². The number of amides is 1. The number of aromatic nitrogens is 3. The van der Waals surface area contributed by atoms with Gasteiger partial charge < -0.3 is 14.8 Å². The smallest absolute Gasteiger partial charge is 0.333 e. The molecule has 1 aromatic heterocycles. The highest BCUT2D eigenvalue weighted by atomic mass is 19.4. The van der Waals surface area contributed by atoms with Crippen LogP contribution in [0.4, 0.5) is 26.3 Å². The van der Waals surface area contributed by atoms with Crippen LogP contribution in [-0.4, -0.2) is 44.7 Å². The summed E-state index contributed by atoms with van der Waals surface area (Å²) in [6, 6.07) is 0.625. The van der Waals surface area contributed by atoms with Crippen LogP contribution in [0.25, 0.3) is 0 Å². The van der Waals surface area contributed by atoms with Gasteiger partial charge in [-0.3, -0.25) is 4.79 Å². The van der Waals surface area contributed by atoms with E-state index in [0.717, 1.165) is 10.6 Å². The van der Waals surface area contributed by atoms with Crippen LogP contribution >= 0.6 is 0 Å². The minimum atomic E-state index is -4.64. The molecule has 1 unspecified atom stereocenters. The molecule has 0 saturated carbocycles. The molecule has 12 heteroatoms. The van der Waals surface area contributed by atoms with Crippen LogP contribution in [0, 0.1) is 17.5 Å². The lowest BCUT2D eigenvalue weighted by molar-refractivity contribution is -0.148. The molecule has 2 heterocycles. The van der Waals surface area contributed by atoms with Crippen molar-refractivity contribution in [1.29, 1.82) is 0 Å². The van der Waals surface area contributed by atoms with Crippen LogP contribution in [0.1, 0.15) is 44.4 Å². The summed E-state index contributed by atoms with van der Waals surface area (Å²) >= 11 is 0. The second-order valence-electron chi connectivity index (χ2n) is 6.93. The van der Waals surface area contributed by atoms with Gasteiger partial charge in [0.15, 0.2) is 17.5 Å². The van der Waals surface area contributed by atoms with Gasteiger partial charge in [0.2, 0.25) is 11.7 Å². The number of hydrogen-bond donors (Lipinski definition) is 1. The molecule has 0 spiro atoms. The summed E-state index contributed by atoms with van der Waals surface area (Å²) in [6.07, 6.45) is -4.81. The molecule has 178 valence electrons. The third-order valence-corrected chi connectivity index (χ3v) is 4.83. The molecule has 1 atom stereocenters. The Morgan fingerprint density at radius 2 is 1.75 bits per heavy atom. The summed E-state index contributed by atoms with van der Waals surface area (Å²) in [5.41, 5.74) is -0.0825. The molecule has 1 N–H and O–H groups in total. The summed E-state index contributed by atoms with van der Waals surface area (Å²) in [6.45, 7) is 5.99. The molecule has 0 aliphatic carbocycles. The van der Waals surface area contributed by atoms with Crippen LogP contribution in [0.5, 0.6) is 0 Å². The molecule has 0 radical (unpaired) electrons. The Labute approximate surface area is 181 Å². The predicted molar refractivity (Wildman–Crippen MR) is 104 cm³/mol. The van der Waals surface area contributed by atoms with Gasteiger partial charge in [-0.2, -0.15) is 13.2 Å². The molecule has 0 saturated heterocycles. The molecule has 2 aromatic rings. The Bertz CT molecular complexity index is 930. The summed E-state index contributed by atoms with van der Waals surface area (Å²) in [7, 11) is 0. The van der Waals surface area contributed by atoms with E-state index in [1.807, 2.05) is 13.8 Å². The molecule has 0 bridgehead atoms. The van der Waals surface area contributed by atoms with Crippen molar-refractivity contribution in [2.24, 2.45) is 0 Å². The first-order chi connectivity index (χ1) is 15.1. The largest absolute Gasteiger partial charge is 0.451 e. The quantitative estimate of drug-likeness (QED) is 0.522. The first-order valence-electron chi connectivity index (χ1n) is 10.2. The van der Waals surface area contributed by atoms with Crippen LogP contribution in [0.3, 0.4) is 0 Å². The number of carbonyl (C=O) groups is 1. The maximum atomic E-state index is 13.9. The van der Waals surface area contributed by atoms with Crippen LogP contribution < -0.4 is 5.32 Å². The molecule has 32 heavy (non-hydrogen) atoms. The Morgan fingerprint density at radius 1 is 1.09 bits per heavy atom. The third kappa shape index (κ3) is 5.99. The van der Waals surface area contributed by atoms with Gasteiger partial charge in [-0.05, 0) is 24.6 Å². The van der Waals surface area contributed by atoms with Crippen molar-refractivity contribution >= 4 is 5.91 Å². The summed E-state index contributed by atoms with van der Waals surface area (Å²) < 4.78 is 80.2. The standard InChI is InChI=1S/C18H19F6N5O.C2H6/c1-2-25-11(5-10-6-13(20)14(21)8-12(10)19)7-16(30)28-3-4-29-15(9-28)26-27-17(29)18(22,23)24;1-2/h6,8,11,25H,2-5,7,9H2,1H3;1-2H3. The molecule has 1 aliphatic heterocycles. The molecular weight excluding hydrogens is 440 g/mol. The maximum Gasteiger partial charge on any atom is 0.451 e.